The third kappa shape index (κ3) is 3.84. The van der Waals surface area contributed by atoms with Crippen molar-refractivity contribution < 1.29 is 15.0 Å². The number of aliphatic hydroxyl groups excluding tert-OH is 2. The topological polar surface area (TPSA) is 69.6 Å². The number of hydrogen-bond donors (Lipinski definition) is 3. The van der Waals surface area contributed by atoms with Crippen molar-refractivity contribution in [2.24, 2.45) is 0 Å². The second-order valence-corrected chi connectivity index (χ2v) is 4.00. The van der Waals surface area contributed by atoms with Crippen molar-refractivity contribution in [3.8, 4) is 0 Å². The highest BCUT2D eigenvalue weighted by Gasteiger charge is 2.20. The summed E-state index contributed by atoms with van der Waals surface area (Å²) in [6, 6.07) is 7.43. The first-order valence-electron chi connectivity index (χ1n) is 5.74. The molecule has 0 saturated carbocycles. The Balaban J connectivity index is 2.73. The fraction of sp³-hybridized carbons (Fsp3) is 0.462. The number of amides is 1. The number of rotatable bonds is 5. The Kier molecular flexibility index (Phi) is 5.12. The molecule has 2 atom stereocenters. The first kappa shape index (κ1) is 13.7. The second-order valence-electron chi connectivity index (χ2n) is 4.00. The van der Waals surface area contributed by atoms with E-state index in [-0.39, 0.29) is 12.5 Å². The third-order valence-corrected chi connectivity index (χ3v) is 2.68. The molecule has 3 N–H and O–H groups in total. The molecular formula is C13H19NO3. The van der Waals surface area contributed by atoms with E-state index in [1.165, 1.54) is 6.92 Å². The summed E-state index contributed by atoms with van der Waals surface area (Å²) in [4.78, 5) is 10.7. The molecule has 0 aromatic heterocycles. The summed E-state index contributed by atoms with van der Waals surface area (Å²) >= 11 is 0. The normalized spacial score (nSPS) is 14.1. The lowest BCUT2D eigenvalue weighted by Gasteiger charge is -2.20. The maximum Gasteiger partial charge on any atom is 0.216 e. The van der Waals surface area contributed by atoms with E-state index in [0.717, 1.165) is 12.0 Å². The summed E-state index contributed by atoms with van der Waals surface area (Å²) < 4.78 is 0. The molecule has 1 rings (SSSR count). The van der Waals surface area contributed by atoms with Crippen LogP contribution in [-0.2, 0) is 11.2 Å². The molecule has 0 aliphatic carbocycles. The van der Waals surface area contributed by atoms with Crippen molar-refractivity contribution in [2.75, 3.05) is 6.54 Å². The average Bonchev–Trinajstić information content (AvgIpc) is 2.34. The number of aliphatic hydroxyl groups is 2. The number of hydrogen-bond acceptors (Lipinski definition) is 3. The van der Waals surface area contributed by atoms with Gasteiger partial charge in [-0.25, -0.2) is 0 Å². The summed E-state index contributed by atoms with van der Waals surface area (Å²) in [6.07, 6.45) is -1.18. The molecule has 0 aliphatic rings. The molecule has 0 saturated heterocycles. The number of carbonyl (C=O) groups is 1. The summed E-state index contributed by atoms with van der Waals surface area (Å²) in [5.41, 5.74) is 1.72. The predicted octanol–water partition coefficient (Wildman–Crippen LogP) is 0.779. The molecule has 1 aromatic carbocycles. The molecule has 0 radical (unpaired) electrons. The Hall–Kier alpha value is -1.39. The Morgan fingerprint density at radius 3 is 2.59 bits per heavy atom. The van der Waals surface area contributed by atoms with Gasteiger partial charge in [0.25, 0.3) is 0 Å². The molecule has 0 aliphatic heterocycles. The van der Waals surface area contributed by atoms with E-state index < -0.39 is 12.2 Å². The van der Waals surface area contributed by atoms with Crippen molar-refractivity contribution in [1.29, 1.82) is 0 Å². The van der Waals surface area contributed by atoms with E-state index >= 15 is 0 Å². The Labute approximate surface area is 101 Å². The number of benzene rings is 1. The van der Waals surface area contributed by atoms with Gasteiger partial charge >= 0.3 is 0 Å². The largest absolute Gasteiger partial charge is 0.388 e. The van der Waals surface area contributed by atoms with Gasteiger partial charge in [-0.05, 0) is 17.5 Å². The first-order valence-corrected chi connectivity index (χ1v) is 5.74. The van der Waals surface area contributed by atoms with Crippen LogP contribution < -0.4 is 5.32 Å². The average molecular weight is 237 g/mol. The van der Waals surface area contributed by atoms with Gasteiger partial charge in [0.2, 0.25) is 5.91 Å². The Morgan fingerprint density at radius 2 is 2.00 bits per heavy atom. The highest BCUT2D eigenvalue weighted by atomic mass is 16.3. The molecule has 0 bridgehead atoms. The van der Waals surface area contributed by atoms with Crippen molar-refractivity contribution >= 4 is 5.91 Å². The van der Waals surface area contributed by atoms with Gasteiger partial charge in [0, 0.05) is 13.5 Å². The van der Waals surface area contributed by atoms with Crippen LogP contribution in [0.1, 0.15) is 31.1 Å². The molecule has 0 fully saturated rings. The van der Waals surface area contributed by atoms with Crippen LogP contribution in [0.5, 0.6) is 0 Å². The molecular weight excluding hydrogens is 218 g/mol. The molecule has 4 nitrogen and oxygen atoms in total. The lowest BCUT2D eigenvalue weighted by molar-refractivity contribution is -0.119. The highest BCUT2D eigenvalue weighted by molar-refractivity contribution is 5.72. The van der Waals surface area contributed by atoms with Gasteiger partial charge < -0.3 is 15.5 Å². The van der Waals surface area contributed by atoms with E-state index in [9.17, 15) is 15.0 Å². The van der Waals surface area contributed by atoms with Crippen LogP contribution in [0.2, 0.25) is 0 Å². The minimum absolute atomic E-state index is 0.0501. The van der Waals surface area contributed by atoms with Crippen molar-refractivity contribution in [3.05, 3.63) is 35.4 Å². The molecule has 94 valence electrons. The van der Waals surface area contributed by atoms with E-state index in [1.807, 2.05) is 25.1 Å². The van der Waals surface area contributed by atoms with Crippen molar-refractivity contribution in [3.63, 3.8) is 0 Å². The second kappa shape index (κ2) is 6.37. The predicted molar refractivity (Wildman–Crippen MR) is 65.5 cm³/mol. The standard InChI is InChI=1S/C13H19NO3/c1-3-10-6-4-5-7-11(10)13(17)12(16)8-14-9(2)15/h4-7,12-13,16-17H,3,8H2,1-2H3,(H,14,15). The molecule has 0 heterocycles. The summed E-state index contributed by atoms with van der Waals surface area (Å²) in [7, 11) is 0. The number of carbonyl (C=O) groups excluding carboxylic acids is 1. The quantitative estimate of drug-likeness (QED) is 0.708. The highest BCUT2D eigenvalue weighted by Crippen LogP contribution is 2.21. The van der Waals surface area contributed by atoms with Crippen LogP contribution in [0.3, 0.4) is 0 Å². The zero-order valence-corrected chi connectivity index (χ0v) is 10.2. The van der Waals surface area contributed by atoms with Crippen molar-refractivity contribution in [1.82, 2.24) is 5.32 Å². The molecule has 17 heavy (non-hydrogen) atoms. The van der Waals surface area contributed by atoms with Gasteiger partial charge in [-0.15, -0.1) is 0 Å². The van der Waals surface area contributed by atoms with Gasteiger partial charge in [-0.1, -0.05) is 31.2 Å². The van der Waals surface area contributed by atoms with Gasteiger partial charge in [-0.3, -0.25) is 4.79 Å². The van der Waals surface area contributed by atoms with Crippen molar-refractivity contribution in [2.45, 2.75) is 32.5 Å². The van der Waals surface area contributed by atoms with Crippen LogP contribution in [0.25, 0.3) is 0 Å². The fourth-order valence-corrected chi connectivity index (χ4v) is 1.71. The molecule has 1 aromatic rings. The first-order chi connectivity index (χ1) is 8.06. The number of aryl methyl sites for hydroxylation is 1. The minimum Gasteiger partial charge on any atom is -0.388 e. The third-order valence-electron chi connectivity index (χ3n) is 2.68. The summed E-state index contributed by atoms with van der Waals surface area (Å²) in [6.45, 7) is 3.42. The molecule has 2 unspecified atom stereocenters. The van der Waals surface area contributed by atoms with Gasteiger partial charge in [-0.2, -0.15) is 0 Å². The monoisotopic (exact) mass is 237 g/mol. The zero-order chi connectivity index (χ0) is 12.8. The van der Waals surface area contributed by atoms with Gasteiger partial charge in [0.15, 0.2) is 0 Å². The fourth-order valence-electron chi connectivity index (χ4n) is 1.71. The Morgan fingerprint density at radius 1 is 1.35 bits per heavy atom. The summed E-state index contributed by atoms with van der Waals surface area (Å²) in [5, 5.41) is 22.3. The summed E-state index contributed by atoms with van der Waals surface area (Å²) in [5.74, 6) is -0.222. The van der Waals surface area contributed by atoms with E-state index in [4.69, 9.17) is 0 Å². The lowest BCUT2D eigenvalue weighted by atomic mass is 9.97. The number of nitrogens with one attached hydrogen (secondary N) is 1. The van der Waals surface area contributed by atoms with E-state index in [1.54, 1.807) is 6.07 Å². The smallest absolute Gasteiger partial charge is 0.216 e. The van der Waals surface area contributed by atoms with Crippen LogP contribution in [0, 0.1) is 0 Å². The zero-order valence-electron chi connectivity index (χ0n) is 10.2. The SMILES string of the molecule is CCc1ccccc1C(O)C(O)CNC(C)=O. The van der Waals surface area contributed by atoms with Crippen LogP contribution >= 0.6 is 0 Å². The molecule has 4 heteroatoms. The maximum atomic E-state index is 10.7. The van der Waals surface area contributed by atoms with Crippen LogP contribution in [0.15, 0.2) is 24.3 Å². The molecule has 1 amide bonds. The van der Waals surface area contributed by atoms with Gasteiger partial charge in [0.05, 0.1) is 0 Å². The lowest BCUT2D eigenvalue weighted by Crippen LogP contribution is -2.34. The molecule has 0 spiro atoms. The maximum absolute atomic E-state index is 10.7. The van der Waals surface area contributed by atoms with Gasteiger partial charge in [0.1, 0.15) is 12.2 Å². The van der Waals surface area contributed by atoms with Crippen LogP contribution in [0.4, 0.5) is 0 Å². The Bertz CT molecular complexity index is 379. The van der Waals surface area contributed by atoms with E-state index in [2.05, 4.69) is 5.32 Å². The van der Waals surface area contributed by atoms with E-state index in [0.29, 0.717) is 5.56 Å². The van der Waals surface area contributed by atoms with Crippen LogP contribution in [-0.4, -0.2) is 28.8 Å². The minimum atomic E-state index is -0.994.